The van der Waals surface area contributed by atoms with Gasteiger partial charge in [0, 0.05) is 18.2 Å². The maximum Gasteiger partial charge on any atom is 0.162 e. The Morgan fingerprint density at radius 3 is 2.62 bits per heavy atom. The summed E-state index contributed by atoms with van der Waals surface area (Å²) < 4.78 is 5.45. The van der Waals surface area contributed by atoms with Crippen molar-refractivity contribution in [3.63, 3.8) is 0 Å². The monoisotopic (exact) mass is 279 g/mol. The third-order valence-corrected chi connectivity index (χ3v) is 3.09. The minimum Gasteiger partial charge on any atom is -0.463 e. The summed E-state index contributed by atoms with van der Waals surface area (Å²) in [6.45, 7) is 3.00. The molecule has 0 aliphatic carbocycles. The fourth-order valence-electron chi connectivity index (χ4n) is 2.06. The smallest absolute Gasteiger partial charge is 0.162 e. The summed E-state index contributed by atoms with van der Waals surface area (Å²) >= 11 is 0. The quantitative estimate of drug-likeness (QED) is 0.759. The molecule has 4 nitrogen and oxygen atoms in total. The number of nitrogens with one attached hydrogen (secondary N) is 1. The van der Waals surface area contributed by atoms with E-state index in [1.54, 1.807) is 6.26 Å². The number of aromatic nitrogens is 2. The second kappa shape index (κ2) is 6.22. The Morgan fingerprint density at radius 1 is 1.05 bits per heavy atom. The van der Waals surface area contributed by atoms with E-state index in [4.69, 9.17) is 4.42 Å². The summed E-state index contributed by atoms with van der Waals surface area (Å²) in [5.41, 5.74) is 1.78. The second-order valence-electron chi connectivity index (χ2n) is 4.73. The maximum absolute atomic E-state index is 5.45. The first-order chi connectivity index (χ1) is 10.4. The van der Waals surface area contributed by atoms with Crippen molar-refractivity contribution in [2.75, 3.05) is 11.9 Å². The fourth-order valence-corrected chi connectivity index (χ4v) is 2.06. The minimum atomic E-state index is 0.697. The van der Waals surface area contributed by atoms with Crippen molar-refractivity contribution in [3.8, 4) is 22.8 Å². The largest absolute Gasteiger partial charge is 0.463 e. The van der Waals surface area contributed by atoms with E-state index in [1.165, 1.54) is 0 Å². The first kappa shape index (κ1) is 13.4. The molecule has 0 radical (unpaired) electrons. The van der Waals surface area contributed by atoms with Crippen LogP contribution in [-0.4, -0.2) is 16.5 Å². The van der Waals surface area contributed by atoms with Crippen molar-refractivity contribution >= 4 is 5.82 Å². The standard InChI is InChI=1S/C17H17N3O/c1-2-10-18-16-12-14(15-9-6-11-21-15)19-17(20-16)13-7-4-3-5-8-13/h3-9,11-12H,2,10H2,1H3,(H,18,19,20). The molecule has 0 atom stereocenters. The van der Waals surface area contributed by atoms with Crippen LogP contribution in [0, 0.1) is 0 Å². The van der Waals surface area contributed by atoms with Crippen LogP contribution in [0.15, 0.2) is 59.2 Å². The summed E-state index contributed by atoms with van der Waals surface area (Å²) in [4.78, 5) is 9.20. The van der Waals surface area contributed by atoms with Crippen LogP contribution in [0.25, 0.3) is 22.8 Å². The summed E-state index contributed by atoms with van der Waals surface area (Å²) in [5.74, 6) is 2.26. The molecule has 1 N–H and O–H groups in total. The van der Waals surface area contributed by atoms with Crippen LogP contribution in [0.2, 0.25) is 0 Å². The van der Waals surface area contributed by atoms with Crippen molar-refractivity contribution in [2.45, 2.75) is 13.3 Å². The number of anilines is 1. The Labute approximate surface area is 123 Å². The second-order valence-corrected chi connectivity index (χ2v) is 4.73. The highest BCUT2D eigenvalue weighted by molar-refractivity contribution is 5.64. The maximum atomic E-state index is 5.45. The van der Waals surface area contributed by atoms with Gasteiger partial charge in [-0.1, -0.05) is 37.3 Å². The number of rotatable bonds is 5. The Kier molecular flexibility index (Phi) is 3.96. The van der Waals surface area contributed by atoms with E-state index in [1.807, 2.05) is 48.5 Å². The van der Waals surface area contributed by atoms with Crippen LogP contribution in [0.5, 0.6) is 0 Å². The lowest BCUT2D eigenvalue weighted by molar-refractivity contribution is 0.580. The summed E-state index contributed by atoms with van der Waals surface area (Å²) in [5, 5.41) is 3.31. The fraction of sp³-hybridized carbons (Fsp3) is 0.176. The van der Waals surface area contributed by atoms with Crippen molar-refractivity contribution in [1.29, 1.82) is 0 Å². The van der Waals surface area contributed by atoms with Crippen LogP contribution in [0.4, 0.5) is 5.82 Å². The normalized spacial score (nSPS) is 10.5. The molecule has 0 bridgehead atoms. The van der Waals surface area contributed by atoms with Crippen LogP contribution in [0.1, 0.15) is 13.3 Å². The predicted octanol–water partition coefficient (Wildman–Crippen LogP) is 4.23. The Morgan fingerprint density at radius 2 is 1.90 bits per heavy atom. The van der Waals surface area contributed by atoms with Crippen molar-refractivity contribution in [3.05, 3.63) is 54.8 Å². The summed E-state index contributed by atoms with van der Waals surface area (Å²) in [6.07, 6.45) is 2.69. The molecular weight excluding hydrogens is 262 g/mol. The lowest BCUT2D eigenvalue weighted by atomic mass is 10.2. The minimum absolute atomic E-state index is 0.697. The Hall–Kier alpha value is -2.62. The van der Waals surface area contributed by atoms with Crippen LogP contribution < -0.4 is 5.32 Å². The Balaban J connectivity index is 2.05. The van der Waals surface area contributed by atoms with Gasteiger partial charge in [-0.25, -0.2) is 9.97 Å². The van der Waals surface area contributed by atoms with E-state index in [0.717, 1.165) is 35.8 Å². The zero-order valence-electron chi connectivity index (χ0n) is 11.9. The average Bonchev–Trinajstić information content (AvgIpc) is 3.08. The summed E-state index contributed by atoms with van der Waals surface area (Å²) in [6, 6.07) is 15.6. The highest BCUT2D eigenvalue weighted by Gasteiger charge is 2.09. The van der Waals surface area contributed by atoms with E-state index in [-0.39, 0.29) is 0 Å². The van der Waals surface area contributed by atoms with Gasteiger partial charge in [0.1, 0.15) is 11.5 Å². The number of nitrogens with zero attached hydrogens (tertiary/aromatic N) is 2. The highest BCUT2D eigenvalue weighted by atomic mass is 16.3. The molecule has 4 heteroatoms. The van der Waals surface area contributed by atoms with Crippen LogP contribution >= 0.6 is 0 Å². The molecule has 0 saturated carbocycles. The van der Waals surface area contributed by atoms with Gasteiger partial charge in [0.05, 0.1) is 6.26 Å². The van der Waals surface area contributed by atoms with Gasteiger partial charge in [-0.05, 0) is 18.6 Å². The molecule has 0 fully saturated rings. The first-order valence-electron chi connectivity index (χ1n) is 7.09. The predicted molar refractivity (Wildman–Crippen MR) is 84.0 cm³/mol. The van der Waals surface area contributed by atoms with Crippen LogP contribution in [-0.2, 0) is 0 Å². The van der Waals surface area contributed by atoms with E-state index < -0.39 is 0 Å². The van der Waals surface area contributed by atoms with Gasteiger partial charge in [-0.2, -0.15) is 0 Å². The molecule has 2 heterocycles. The van der Waals surface area contributed by atoms with Gasteiger partial charge in [-0.15, -0.1) is 0 Å². The molecule has 0 unspecified atom stereocenters. The molecular formula is C17H17N3O. The molecule has 106 valence electrons. The third kappa shape index (κ3) is 3.11. The molecule has 0 spiro atoms. The zero-order valence-corrected chi connectivity index (χ0v) is 11.9. The lowest BCUT2D eigenvalue weighted by Gasteiger charge is -2.08. The Bertz CT molecular complexity index is 693. The number of furan rings is 1. The zero-order chi connectivity index (χ0) is 14.5. The summed E-state index contributed by atoms with van der Waals surface area (Å²) in [7, 11) is 0. The van der Waals surface area contributed by atoms with Gasteiger partial charge in [0.15, 0.2) is 11.6 Å². The molecule has 0 aliphatic rings. The van der Waals surface area contributed by atoms with E-state index in [2.05, 4.69) is 22.2 Å². The molecule has 21 heavy (non-hydrogen) atoms. The molecule has 2 aromatic heterocycles. The molecule has 3 rings (SSSR count). The third-order valence-electron chi connectivity index (χ3n) is 3.09. The molecule has 1 aromatic carbocycles. The topological polar surface area (TPSA) is 51.0 Å². The molecule has 3 aromatic rings. The molecule has 0 saturated heterocycles. The average molecular weight is 279 g/mol. The van der Waals surface area contributed by atoms with Gasteiger partial charge in [-0.3, -0.25) is 0 Å². The van der Waals surface area contributed by atoms with Crippen molar-refractivity contribution in [2.24, 2.45) is 0 Å². The highest BCUT2D eigenvalue weighted by Crippen LogP contribution is 2.24. The molecule has 0 amide bonds. The van der Waals surface area contributed by atoms with Gasteiger partial charge < -0.3 is 9.73 Å². The van der Waals surface area contributed by atoms with Gasteiger partial charge in [0.25, 0.3) is 0 Å². The van der Waals surface area contributed by atoms with E-state index >= 15 is 0 Å². The first-order valence-corrected chi connectivity index (χ1v) is 7.09. The molecule has 0 aliphatic heterocycles. The lowest BCUT2D eigenvalue weighted by Crippen LogP contribution is -2.04. The number of benzene rings is 1. The van der Waals surface area contributed by atoms with Gasteiger partial charge in [0.2, 0.25) is 0 Å². The van der Waals surface area contributed by atoms with Crippen molar-refractivity contribution < 1.29 is 4.42 Å². The van der Waals surface area contributed by atoms with E-state index in [9.17, 15) is 0 Å². The van der Waals surface area contributed by atoms with E-state index in [0.29, 0.717) is 5.82 Å². The SMILES string of the molecule is CCCNc1cc(-c2ccco2)nc(-c2ccccc2)n1. The van der Waals surface area contributed by atoms with Crippen molar-refractivity contribution in [1.82, 2.24) is 9.97 Å². The van der Waals surface area contributed by atoms with Gasteiger partial charge >= 0.3 is 0 Å². The van der Waals surface area contributed by atoms with Crippen LogP contribution in [0.3, 0.4) is 0 Å². The number of hydrogen-bond donors (Lipinski definition) is 1. The number of hydrogen-bond acceptors (Lipinski definition) is 4.